The van der Waals surface area contributed by atoms with Crippen LogP contribution in [-0.4, -0.2) is 88.3 Å². The van der Waals surface area contributed by atoms with Gasteiger partial charge in [-0.1, -0.05) is 0 Å². The minimum absolute atomic E-state index is 0.00527. The number of carbonyl (C=O) groups excluding carboxylic acids is 3. The van der Waals surface area contributed by atoms with E-state index in [0.717, 1.165) is 0 Å². The van der Waals surface area contributed by atoms with Crippen LogP contribution in [0.1, 0.15) is 26.2 Å². The second kappa shape index (κ2) is 13.7. The summed E-state index contributed by atoms with van der Waals surface area (Å²) in [6.45, 7) is 0.535. The second-order valence-corrected chi connectivity index (χ2v) is 6.53. The third-order valence-corrected chi connectivity index (χ3v) is 3.86. The number of nitrogens with one attached hydrogen (secondary N) is 3. The summed E-state index contributed by atoms with van der Waals surface area (Å²) in [6.07, 6.45) is -0.406. The number of nitrogens with zero attached hydrogens (tertiary/aromatic N) is 1. The van der Waals surface area contributed by atoms with Gasteiger partial charge < -0.3 is 48.5 Å². The van der Waals surface area contributed by atoms with Crippen LogP contribution in [0.5, 0.6) is 0 Å². The molecule has 4 atom stereocenters. The van der Waals surface area contributed by atoms with Crippen molar-refractivity contribution in [2.75, 3.05) is 13.2 Å². The predicted octanol–water partition coefficient (Wildman–Crippen LogP) is -4.61. The van der Waals surface area contributed by atoms with Crippen molar-refractivity contribution in [2.45, 2.75) is 50.4 Å². The average molecular weight is 447 g/mol. The van der Waals surface area contributed by atoms with Gasteiger partial charge in [-0.05, 0) is 19.8 Å². The van der Waals surface area contributed by atoms with Crippen LogP contribution in [0.2, 0.25) is 0 Å². The largest absolute Gasteiger partial charge is 0.481 e. The zero-order valence-corrected chi connectivity index (χ0v) is 16.9. The minimum atomic E-state index is -1.59. The molecule has 0 bridgehead atoms. The summed E-state index contributed by atoms with van der Waals surface area (Å²) in [5, 5.41) is 33.3. The van der Waals surface area contributed by atoms with Crippen molar-refractivity contribution in [1.82, 2.24) is 16.0 Å². The summed E-state index contributed by atoms with van der Waals surface area (Å²) >= 11 is 0. The molecule has 0 spiro atoms. The predicted molar refractivity (Wildman–Crippen MR) is 106 cm³/mol. The normalized spacial score (nSPS) is 14.3. The lowest BCUT2D eigenvalue weighted by atomic mass is 10.1. The number of aliphatic hydroxyl groups is 1. The Hall–Kier alpha value is -3.46. The maximum atomic E-state index is 12.4. The lowest BCUT2D eigenvalue weighted by molar-refractivity contribution is -0.143. The van der Waals surface area contributed by atoms with Crippen LogP contribution in [0.4, 0.5) is 0 Å². The van der Waals surface area contributed by atoms with Crippen molar-refractivity contribution in [3.8, 4) is 0 Å². The van der Waals surface area contributed by atoms with E-state index in [2.05, 4.69) is 20.9 Å². The van der Waals surface area contributed by atoms with Crippen LogP contribution in [0, 0.1) is 0 Å². The molecule has 31 heavy (non-hydrogen) atoms. The highest BCUT2D eigenvalue weighted by molar-refractivity contribution is 5.94. The Balaban J connectivity index is 5.12. The molecule has 0 fully saturated rings. The van der Waals surface area contributed by atoms with E-state index in [9.17, 15) is 24.0 Å². The number of carboxylic acids is 2. The fourth-order valence-electron chi connectivity index (χ4n) is 2.19. The summed E-state index contributed by atoms with van der Waals surface area (Å²) in [4.78, 5) is 62.0. The zero-order chi connectivity index (χ0) is 24.1. The van der Waals surface area contributed by atoms with Crippen molar-refractivity contribution in [1.29, 1.82) is 0 Å². The molecule has 0 aromatic heterocycles. The van der Waals surface area contributed by atoms with E-state index in [0.29, 0.717) is 0 Å². The Morgan fingerprint density at radius 3 is 2.00 bits per heavy atom. The summed E-state index contributed by atoms with van der Waals surface area (Å²) in [5.74, 6) is -5.53. The smallest absolute Gasteiger partial charge is 0.328 e. The molecular weight excluding hydrogens is 418 g/mol. The highest BCUT2D eigenvalue weighted by Crippen LogP contribution is 2.01. The number of hydrogen-bond donors (Lipinski definition) is 9. The fourth-order valence-corrected chi connectivity index (χ4v) is 2.19. The summed E-state index contributed by atoms with van der Waals surface area (Å²) in [6, 6.07) is -5.39. The standard InChI is InChI=1S/C16H29N7O8/c1-7(21-13(28)8(17)5-11(25)26)12(27)22-9(3-2-4-20-16(18)19)14(29)23-10(6-24)15(30)31/h7-10,24H,2-6,17H2,1H3,(H,21,28)(H,22,27)(H,23,29)(H,25,26)(H,30,31)(H4,18,19,20). The molecule has 12 N–H and O–H groups in total. The number of nitrogens with two attached hydrogens (primary N) is 3. The molecule has 0 aromatic rings. The van der Waals surface area contributed by atoms with Gasteiger partial charge in [-0.25, -0.2) is 4.79 Å². The Morgan fingerprint density at radius 2 is 1.52 bits per heavy atom. The summed E-state index contributed by atoms with van der Waals surface area (Å²) in [7, 11) is 0. The summed E-state index contributed by atoms with van der Waals surface area (Å²) in [5.41, 5.74) is 15.8. The van der Waals surface area contributed by atoms with Gasteiger partial charge in [0.15, 0.2) is 5.96 Å². The molecule has 0 rings (SSSR count). The minimum Gasteiger partial charge on any atom is -0.481 e. The van der Waals surface area contributed by atoms with Crippen molar-refractivity contribution in [2.24, 2.45) is 22.2 Å². The van der Waals surface area contributed by atoms with E-state index in [4.69, 9.17) is 32.5 Å². The van der Waals surface area contributed by atoms with Gasteiger partial charge in [0.25, 0.3) is 0 Å². The van der Waals surface area contributed by atoms with Crippen molar-refractivity contribution < 1.29 is 39.3 Å². The SMILES string of the molecule is CC(NC(=O)C(N)CC(=O)O)C(=O)NC(CCCN=C(N)N)C(=O)NC(CO)C(=O)O. The van der Waals surface area contributed by atoms with Crippen LogP contribution in [0.15, 0.2) is 4.99 Å². The zero-order valence-electron chi connectivity index (χ0n) is 16.9. The maximum Gasteiger partial charge on any atom is 0.328 e. The molecule has 0 radical (unpaired) electrons. The molecule has 0 aliphatic carbocycles. The van der Waals surface area contributed by atoms with Gasteiger partial charge in [-0.3, -0.25) is 24.2 Å². The first kappa shape index (κ1) is 27.5. The van der Waals surface area contributed by atoms with E-state index in [-0.39, 0.29) is 25.3 Å². The molecule has 176 valence electrons. The van der Waals surface area contributed by atoms with E-state index >= 15 is 0 Å². The van der Waals surface area contributed by atoms with Gasteiger partial charge in [0.1, 0.15) is 18.1 Å². The van der Waals surface area contributed by atoms with E-state index in [1.165, 1.54) is 6.92 Å². The molecular formula is C16H29N7O8. The first-order valence-electron chi connectivity index (χ1n) is 9.16. The third kappa shape index (κ3) is 11.3. The molecule has 15 heteroatoms. The number of rotatable bonds is 14. The average Bonchev–Trinajstić information content (AvgIpc) is 2.66. The second-order valence-electron chi connectivity index (χ2n) is 6.53. The molecule has 0 aromatic carbocycles. The number of guanidine groups is 1. The number of amides is 3. The van der Waals surface area contributed by atoms with Crippen molar-refractivity contribution in [3.63, 3.8) is 0 Å². The number of aliphatic imine (C=N–C) groups is 1. The first-order valence-corrected chi connectivity index (χ1v) is 9.16. The molecule has 0 aliphatic rings. The van der Waals surface area contributed by atoms with E-state index in [1.54, 1.807) is 0 Å². The van der Waals surface area contributed by atoms with Gasteiger partial charge in [0.05, 0.1) is 19.1 Å². The third-order valence-electron chi connectivity index (χ3n) is 3.86. The van der Waals surface area contributed by atoms with Gasteiger partial charge in [-0.2, -0.15) is 0 Å². The van der Waals surface area contributed by atoms with Gasteiger partial charge >= 0.3 is 11.9 Å². The number of carboxylic acid groups (broad SMARTS) is 2. The van der Waals surface area contributed by atoms with Gasteiger partial charge in [0, 0.05) is 6.54 Å². The van der Waals surface area contributed by atoms with Crippen molar-refractivity contribution >= 4 is 35.6 Å². The summed E-state index contributed by atoms with van der Waals surface area (Å²) < 4.78 is 0. The number of aliphatic hydroxyl groups excluding tert-OH is 1. The molecule has 15 nitrogen and oxygen atoms in total. The van der Waals surface area contributed by atoms with Crippen molar-refractivity contribution in [3.05, 3.63) is 0 Å². The Labute approximate surface area is 177 Å². The Bertz CT molecular complexity index is 695. The fraction of sp³-hybridized carbons (Fsp3) is 0.625. The molecule has 0 saturated carbocycles. The van der Waals surface area contributed by atoms with Crippen LogP contribution in [0.25, 0.3) is 0 Å². The Kier molecular flexibility index (Phi) is 12.2. The first-order chi connectivity index (χ1) is 14.4. The lowest BCUT2D eigenvalue weighted by Gasteiger charge is -2.23. The van der Waals surface area contributed by atoms with Gasteiger partial charge in [0.2, 0.25) is 17.7 Å². The maximum absolute atomic E-state index is 12.4. The monoisotopic (exact) mass is 447 g/mol. The molecule has 3 amide bonds. The molecule has 4 unspecified atom stereocenters. The highest BCUT2D eigenvalue weighted by Gasteiger charge is 2.28. The molecule has 0 heterocycles. The van der Waals surface area contributed by atoms with Crippen LogP contribution in [-0.2, 0) is 24.0 Å². The Morgan fingerprint density at radius 1 is 0.935 bits per heavy atom. The highest BCUT2D eigenvalue weighted by atomic mass is 16.4. The van der Waals surface area contributed by atoms with Gasteiger partial charge in [-0.15, -0.1) is 0 Å². The topological polar surface area (TPSA) is 273 Å². The number of hydrogen-bond acceptors (Lipinski definition) is 8. The molecule has 0 saturated heterocycles. The molecule has 0 aliphatic heterocycles. The number of carbonyl (C=O) groups is 5. The van der Waals surface area contributed by atoms with Crippen LogP contribution >= 0.6 is 0 Å². The van der Waals surface area contributed by atoms with Crippen LogP contribution in [0.3, 0.4) is 0 Å². The van der Waals surface area contributed by atoms with Crippen LogP contribution < -0.4 is 33.2 Å². The van der Waals surface area contributed by atoms with E-state index in [1.807, 2.05) is 0 Å². The van der Waals surface area contributed by atoms with E-state index < -0.39 is 66.9 Å². The quantitative estimate of drug-likeness (QED) is 0.0693. The lowest BCUT2D eigenvalue weighted by Crippen LogP contribution is -2.56. The number of aliphatic carboxylic acids is 2.